The van der Waals surface area contributed by atoms with Crippen molar-refractivity contribution in [2.75, 3.05) is 33.1 Å². The zero-order valence-electron chi connectivity index (χ0n) is 15.0. The summed E-state index contributed by atoms with van der Waals surface area (Å²) in [7, 11) is 5.05. The van der Waals surface area contributed by atoms with E-state index in [2.05, 4.69) is 16.4 Å². The third-order valence-electron chi connectivity index (χ3n) is 3.84. The van der Waals surface area contributed by atoms with Gasteiger partial charge in [0.25, 0.3) is 0 Å². The van der Waals surface area contributed by atoms with Crippen LogP contribution in [-0.4, -0.2) is 43.6 Å². The Morgan fingerprint density at radius 1 is 1.19 bits per heavy atom. The van der Waals surface area contributed by atoms with Gasteiger partial charge in [-0.15, -0.1) is 11.3 Å². The van der Waals surface area contributed by atoms with Crippen LogP contribution in [-0.2, 0) is 11.3 Å². The van der Waals surface area contributed by atoms with Crippen molar-refractivity contribution in [2.45, 2.75) is 6.54 Å². The highest BCUT2D eigenvalue weighted by atomic mass is 32.1. The molecule has 0 atom stereocenters. The number of aromatic nitrogens is 1. The minimum Gasteiger partial charge on any atom is -0.497 e. The molecular formula is C19H21N3O3S. The smallest absolute Gasteiger partial charge is 0.238 e. The van der Waals surface area contributed by atoms with Gasteiger partial charge in [-0.25, -0.2) is 4.98 Å². The molecule has 7 heteroatoms. The fraction of sp³-hybridized carbons (Fsp3) is 0.263. The van der Waals surface area contributed by atoms with E-state index in [1.807, 2.05) is 30.1 Å². The molecule has 0 bridgehead atoms. The number of nitrogens with zero attached hydrogens (tertiary/aromatic N) is 2. The number of benzene rings is 2. The SMILES string of the molecule is COc1ccc(NC(=O)CN(C)Cc2nc3ccccc3s2)c(OC)c1. The number of carbonyl (C=O) groups is 1. The van der Waals surface area contributed by atoms with Crippen LogP contribution in [0.25, 0.3) is 10.2 Å². The Kier molecular flexibility index (Phi) is 5.70. The molecule has 0 saturated heterocycles. The molecule has 2 aromatic carbocycles. The third kappa shape index (κ3) is 4.30. The number of hydrogen-bond acceptors (Lipinski definition) is 6. The summed E-state index contributed by atoms with van der Waals surface area (Å²) in [6.07, 6.45) is 0. The second-order valence-electron chi connectivity index (χ2n) is 5.86. The molecule has 0 unspecified atom stereocenters. The number of fused-ring (bicyclic) bond motifs is 1. The van der Waals surface area contributed by atoms with Crippen molar-refractivity contribution in [3.8, 4) is 11.5 Å². The summed E-state index contributed by atoms with van der Waals surface area (Å²) in [5, 5.41) is 3.87. The molecule has 26 heavy (non-hydrogen) atoms. The zero-order chi connectivity index (χ0) is 18.5. The second kappa shape index (κ2) is 8.16. The molecule has 1 aromatic heterocycles. The molecule has 0 aliphatic carbocycles. The summed E-state index contributed by atoms with van der Waals surface area (Å²) in [6, 6.07) is 13.3. The molecule has 0 aliphatic heterocycles. The Morgan fingerprint density at radius 3 is 2.73 bits per heavy atom. The number of carbonyl (C=O) groups excluding carboxylic acids is 1. The normalized spacial score (nSPS) is 10.9. The van der Waals surface area contributed by atoms with Crippen LogP contribution in [0.4, 0.5) is 5.69 Å². The topological polar surface area (TPSA) is 63.7 Å². The fourth-order valence-electron chi connectivity index (χ4n) is 2.61. The molecule has 0 aliphatic rings. The Balaban J connectivity index is 1.60. The summed E-state index contributed by atoms with van der Waals surface area (Å²) in [4.78, 5) is 18.9. The van der Waals surface area contributed by atoms with Crippen molar-refractivity contribution in [2.24, 2.45) is 0 Å². The quantitative estimate of drug-likeness (QED) is 0.690. The highest BCUT2D eigenvalue weighted by Gasteiger charge is 2.13. The first kappa shape index (κ1) is 18.2. The number of rotatable bonds is 7. The van der Waals surface area contributed by atoms with Crippen LogP contribution in [0.15, 0.2) is 42.5 Å². The first-order valence-electron chi connectivity index (χ1n) is 8.14. The predicted octanol–water partition coefficient (Wildman–Crippen LogP) is 3.38. The molecule has 0 saturated carbocycles. The van der Waals surface area contributed by atoms with Crippen LogP contribution in [0.2, 0.25) is 0 Å². The van der Waals surface area contributed by atoms with Gasteiger partial charge in [-0.2, -0.15) is 0 Å². The summed E-state index contributed by atoms with van der Waals surface area (Å²) in [5.74, 6) is 1.12. The van der Waals surface area contributed by atoms with Gasteiger partial charge in [0.2, 0.25) is 5.91 Å². The van der Waals surface area contributed by atoms with E-state index in [4.69, 9.17) is 9.47 Å². The van der Waals surface area contributed by atoms with E-state index in [0.717, 1.165) is 15.2 Å². The van der Waals surface area contributed by atoms with Gasteiger partial charge >= 0.3 is 0 Å². The van der Waals surface area contributed by atoms with Gasteiger partial charge in [-0.05, 0) is 31.3 Å². The van der Waals surface area contributed by atoms with Gasteiger partial charge in [-0.3, -0.25) is 9.69 Å². The van der Waals surface area contributed by atoms with Crippen LogP contribution in [0.1, 0.15) is 5.01 Å². The molecular weight excluding hydrogens is 350 g/mol. The van der Waals surface area contributed by atoms with Crippen molar-refractivity contribution in [3.05, 3.63) is 47.5 Å². The Labute approximate surface area is 156 Å². The zero-order valence-corrected chi connectivity index (χ0v) is 15.8. The summed E-state index contributed by atoms with van der Waals surface area (Å²) >= 11 is 1.65. The fourth-order valence-corrected chi connectivity index (χ4v) is 3.66. The molecule has 1 amide bonds. The Morgan fingerprint density at radius 2 is 2.00 bits per heavy atom. The lowest BCUT2D eigenvalue weighted by Crippen LogP contribution is -2.29. The number of methoxy groups -OCH3 is 2. The van der Waals surface area contributed by atoms with E-state index >= 15 is 0 Å². The molecule has 0 spiro atoms. The van der Waals surface area contributed by atoms with Gasteiger partial charge in [0, 0.05) is 6.07 Å². The first-order chi connectivity index (χ1) is 12.6. The van der Waals surface area contributed by atoms with E-state index in [-0.39, 0.29) is 12.5 Å². The van der Waals surface area contributed by atoms with Crippen molar-refractivity contribution < 1.29 is 14.3 Å². The van der Waals surface area contributed by atoms with Crippen LogP contribution in [0.5, 0.6) is 11.5 Å². The number of amides is 1. The van der Waals surface area contributed by atoms with E-state index in [9.17, 15) is 4.79 Å². The number of anilines is 1. The molecule has 3 aromatic rings. The van der Waals surface area contributed by atoms with E-state index in [1.54, 1.807) is 43.8 Å². The number of ether oxygens (including phenoxy) is 2. The third-order valence-corrected chi connectivity index (χ3v) is 4.86. The molecule has 0 radical (unpaired) electrons. The van der Waals surface area contributed by atoms with Crippen molar-refractivity contribution >= 4 is 33.1 Å². The maximum atomic E-state index is 12.4. The maximum absolute atomic E-state index is 12.4. The highest BCUT2D eigenvalue weighted by Crippen LogP contribution is 2.29. The average molecular weight is 371 g/mol. The van der Waals surface area contributed by atoms with Crippen molar-refractivity contribution in [1.82, 2.24) is 9.88 Å². The van der Waals surface area contributed by atoms with E-state index < -0.39 is 0 Å². The van der Waals surface area contributed by atoms with Gasteiger partial charge in [0.05, 0.1) is 43.2 Å². The van der Waals surface area contributed by atoms with Gasteiger partial charge in [-0.1, -0.05) is 12.1 Å². The summed E-state index contributed by atoms with van der Waals surface area (Å²) < 4.78 is 11.6. The van der Waals surface area contributed by atoms with Gasteiger partial charge in [0.15, 0.2) is 0 Å². The highest BCUT2D eigenvalue weighted by molar-refractivity contribution is 7.18. The maximum Gasteiger partial charge on any atom is 0.238 e. The summed E-state index contributed by atoms with van der Waals surface area (Å²) in [5.41, 5.74) is 1.61. The van der Waals surface area contributed by atoms with Gasteiger partial charge < -0.3 is 14.8 Å². The second-order valence-corrected chi connectivity index (χ2v) is 6.98. The number of thiazole rings is 1. The predicted molar refractivity (Wildman–Crippen MR) is 104 cm³/mol. The van der Waals surface area contributed by atoms with E-state index in [0.29, 0.717) is 23.7 Å². The lowest BCUT2D eigenvalue weighted by molar-refractivity contribution is -0.117. The van der Waals surface area contributed by atoms with Crippen molar-refractivity contribution in [3.63, 3.8) is 0 Å². The number of para-hydroxylation sites is 1. The van der Waals surface area contributed by atoms with Crippen LogP contribution < -0.4 is 14.8 Å². The lowest BCUT2D eigenvalue weighted by Gasteiger charge is -2.16. The molecule has 0 fully saturated rings. The largest absolute Gasteiger partial charge is 0.497 e. The van der Waals surface area contributed by atoms with Crippen LogP contribution in [0.3, 0.4) is 0 Å². The average Bonchev–Trinajstić information content (AvgIpc) is 3.03. The van der Waals surface area contributed by atoms with Crippen LogP contribution >= 0.6 is 11.3 Å². The Hall–Kier alpha value is -2.64. The minimum atomic E-state index is -0.114. The number of likely N-dealkylation sites (N-methyl/N-ethyl adjacent to an activating group) is 1. The molecule has 136 valence electrons. The summed E-state index contributed by atoms with van der Waals surface area (Å²) in [6.45, 7) is 0.873. The monoisotopic (exact) mass is 371 g/mol. The molecule has 1 N–H and O–H groups in total. The molecule has 1 heterocycles. The molecule has 6 nitrogen and oxygen atoms in total. The van der Waals surface area contributed by atoms with E-state index in [1.165, 1.54) is 0 Å². The molecule has 3 rings (SSSR count). The Bertz CT molecular complexity index is 877. The standard InChI is InChI=1S/C19H21N3O3S/c1-22(12-19-21-15-6-4-5-7-17(15)26-19)11-18(23)20-14-9-8-13(24-2)10-16(14)25-3/h4-10H,11-12H2,1-3H3,(H,20,23). The number of hydrogen-bond donors (Lipinski definition) is 1. The lowest BCUT2D eigenvalue weighted by atomic mass is 10.2. The number of nitrogens with one attached hydrogen (secondary N) is 1. The van der Waals surface area contributed by atoms with Crippen LogP contribution in [0, 0.1) is 0 Å². The van der Waals surface area contributed by atoms with Crippen molar-refractivity contribution in [1.29, 1.82) is 0 Å². The van der Waals surface area contributed by atoms with Gasteiger partial charge in [0.1, 0.15) is 16.5 Å². The minimum absolute atomic E-state index is 0.114. The first-order valence-corrected chi connectivity index (χ1v) is 8.95.